The maximum atomic E-state index is 14.6. The largest absolute Gasteiger partial charge is 0.507 e. The maximum absolute atomic E-state index is 14.6. The van der Waals surface area contributed by atoms with Crippen molar-refractivity contribution >= 4 is 45.3 Å². The van der Waals surface area contributed by atoms with Crippen molar-refractivity contribution in [3.05, 3.63) is 101 Å². The number of aryl methyl sites for hydroxylation is 2. The van der Waals surface area contributed by atoms with Gasteiger partial charge in [-0.2, -0.15) is 0 Å². The van der Waals surface area contributed by atoms with E-state index in [9.17, 15) is 23.8 Å². The fraction of sp³-hybridized carbons (Fsp3) is 0.275. The number of aromatic nitrogens is 4. The van der Waals surface area contributed by atoms with E-state index in [1.807, 2.05) is 50.2 Å². The van der Waals surface area contributed by atoms with E-state index in [0.717, 1.165) is 29.5 Å². The zero-order valence-corrected chi connectivity index (χ0v) is 30.4. The van der Waals surface area contributed by atoms with Gasteiger partial charge in [0.2, 0.25) is 0 Å². The molecule has 0 saturated carbocycles. The summed E-state index contributed by atoms with van der Waals surface area (Å²) in [5, 5.41) is 21.9. The molecule has 2 fully saturated rings. The predicted octanol–water partition coefficient (Wildman–Crippen LogP) is 7.85. The topological polar surface area (TPSA) is 134 Å². The number of aromatic hydroxyl groups is 2. The number of phenols is 2. The highest BCUT2D eigenvalue weighted by Crippen LogP contribution is 2.35. The van der Waals surface area contributed by atoms with Gasteiger partial charge in [0.15, 0.2) is 11.6 Å². The number of benzene rings is 4. The molecule has 278 valence electrons. The van der Waals surface area contributed by atoms with Crippen LogP contribution in [0.3, 0.4) is 0 Å². The van der Waals surface area contributed by atoms with Crippen molar-refractivity contribution in [2.75, 3.05) is 50.9 Å². The van der Waals surface area contributed by atoms with Crippen molar-refractivity contribution in [3.63, 3.8) is 0 Å². The van der Waals surface area contributed by atoms with E-state index in [0.29, 0.717) is 61.6 Å². The van der Waals surface area contributed by atoms with Gasteiger partial charge in [0.25, 0.3) is 0 Å². The van der Waals surface area contributed by atoms with E-state index >= 15 is 0 Å². The highest BCUT2D eigenvalue weighted by molar-refractivity contribution is 6.34. The third-order valence-electron chi connectivity index (χ3n) is 9.37. The van der Waals surface area contributed by atoms with Crippen LogP contribution in [0, 0.1) is 31.4 Å². The number of halogens is 3. The Bertz CT molecular complexity index is 2310. The number of piperazine rings is 1. The van der Waals surface area contributed by atoms with Crippen molar-refractivity contribution in [1.29, 1.82) is 0 Å². The van der Waals surface area contributed by atoms with Crippen molar-refractivity contribution < 1.29 is 33.3 Å². The molecule has 0 radical (unpaired) electrons. The number of amides is 1. The highest BCUT2D eigenvalue weighted by atomic mass is 35.5. The highest BCUT2D eigenvalue weighted by Gasteiger charge is 2.27. The Kier molecular flexibility index (Phi) is 10.7. The summed E-state index contributed by atoms with van der Waals surface area (Å²) in [7, 11) is 0. The Morgan fingerprint density at radius 2 is 1.39 bits per heavy atom. The van der Waals surface area contributed by atoms with Crippen LogP contribution < -0.4 is 4.90 Å². The lowest BCUT2D eigenvalue weighted by atomic mass is 10.1. The molecule has 0 spiro atoms. The number of ether oxygens (including phenoxy) is 2. The maximum Gasteiger partial charge on any atom is 0.409 e. The molecule has 0 aliphatic carbocycles. The standard InChI is InChI=1S/C25H27FN4O4.C15H10ClFN2O/c1-16-5-6-18-20(13-16)27-23(22-19(26)3-2-4-21(22)31)28-24(18)29-8-10-30(11-9-29)25(32)34-15-17-7-12-33-14-17;1-8-5-6-9-11(7-8)18-15(19-14(9)16)13-10(17)3-2-4-12(13)20/h2-6,13,17,31H,7-12,14-15H2,1H3;2-7,20H,1H3. The summed E-state index contributed by atoms with van der Waals surface area (Å²) >= 11 is 6.11. The molecular weight excluding hydrogens is 718 g/mol. The van der Waals surface area contributed by atoms with E-state index in [1.54, 1.807) is 4.90 Å². The third kappa shape index (κ3) is 7.82. The zero-order chi connectivity index (χ0) is 37.9. The van der Waals surface area contributed by atoms with Crippen LogP contribution in [-0.2, 0) is 9.47 Å². The molecule has 2 aliphatic heterocycles. The van der Waals surface area contributed by atoms with Gasteiger partial charge in [-0.25, -0.2) is 33.5 Å². The Labute approximate surface area is 314 Å². The lowest BCUT2D eigenvalue weighted by Gasteiger charge is -2.35. The first kappa shape index (κ1) is 36.7. The quantitative estimate of drug-likeness (QED) is 0.168. The van der Waals surface area contributed by atoms with Gasteiger partial charge in [-0.15, -0.1) is 0 Å². The Morgan fingerprint density at radius 3 is 1.96 bits per heavy atom. The van der Waals surface area contributed by atoms with Gasteiger partial charge in [-0.1, -0.05) is 35.9 Å². The molecular formula is C40H37ClF2N6O5. The minimum absolute atomic E-state index is 0.0229. The van der Waals surface area contributed by atoms with E-state index in [1.165, 1.54) is 36.4 Å². The number of carbonyl (C=O) groups is 1. The van der Waals surface area contributed by atoms with Crippen LogP contribution in [0.4, 0.5) is 19.4 Å². The average molecular weight is 755 g/mol. The molecule has 11 nitrogen and oxygen atoms in total. The SMILES string of the molecule is Cc1ccc2c(Cl)nc(-c3c(O)cccc3F)nc2c1.Cc1ccc2c(N3CCN(C(=O)OCC4CCOC4)CC3)nc(-c3c(O)cccc3F)nc2c1. The summed E-state index contributed by atoms with van der Waals surface area (Å²) in [5.74, 6) is -0.474. The summed E-state index contributed by atoms with van der Waals surface area (Å²) in [6.45, 7) is 7.69. The van der Waals surface area contributed by atoms with Crippen molar-refractivity contribution in [3.8, 4) is 34.3 Å². The second kappa shape index (κ2) is 15.7. The third-order valence-corrected chi connectivity index (χ3v) is 9.66. The zero-order valence-electron chi connectivity index (χ0n) is 29.6. The van der Waals surface area contributed by atoms with Gasteiger partial charge in [-0.3, -0.25) is 0 Å². The molecule has 54 heavy (non-hydrogen) atoms. The van der Waals surface area contributed by atoms with Gasteiger partial charge in [0.05, 0.1) is 35.4 Å². The molecule has 8 rings (SSSR count). The monoisotopic (exact) mass is 754 g/mol. The molecule has 4 aromatic carbocycles. The summed E-state index contributed by atoms with van der Waals surface area (Å²) in [5.41, 5.74) is 3.24. The molecule has 2 saturated heterocycles. The van der Waals surface area contributed by atoms with Crippen molar-refractivity contribution in [2.24, 2.45) is 5.92 Å². The number of hydrogen-bond acceptors (Lipinski definition) is 10. The second-order valence-electron chi connectivity index (χ2n) is 13.3. The molecule has 4 heterocycles. The first-order valence-corrected chi connectivity index (χ1v) is 17.9. The van der Waals surface area contributed by atoms with Crippen LogP contribution in [0.25, 0.3) is 44.6 Å². The van der Waals surface area contributed by atoms with Crippen LogP contribution in [0.2, 0.25) is 5.15 Å². The fourth-order valence-corrected chi connectivity index (χ4v) is 6.69. The van der Waals surface area contributed by atoms with Crippen molar-refractivity contribution in [1.82, 2.24) is 24.8 Å². The first-order chi connectivity index (χ1) is 26.0. The minimum Gasteiger partial charge on any atom is -0.507 e. The Hall–Kier alpha value is -5.66. The normalized spacial score (nSPS) is 15.7. The van der Waals surface area contributed by atoms with E-state index in [-0.39, 0.29) is 51.4 Å². The van der Waals surface area contributed by atoms with Gasteiger partial charge in [-0.05, 0) is 79.9 Å². The molecule has 1 amide bonds. The average Bonchev–Trinajstić information content (AvgIpc) is 3.67. The molecule has 0 bridgehead atoms. The summed E-state index contributed by atoms with van der Waals surface area (Å²) in [6.07, 6.45) is 0.605. The van der Waals surface area contributed by atoms with E-state index < -0.39 is 11.6 Å². The molecule has 2 aliphatic rings. The van der Waals surface area contributed by atoms with Crippen molar-refractivity contribution in [2.45, 2.75) is 20.3 Å². The first-order valence-electron chi connectivity index (χ1n) is 17.5. The number of nitrogens with zero attached hydrogens (tertiary/aromatic N) is 6. The molecule has 1 unspecified atom stereocenters. The van der Waals surface area contributed by atoms with Crippen LogP contribution in [0.5, 0.6) is 11.5 Å². The summed E-state index contributed by atoms with van der Waals surface area (Å²) in [6, 6.07) is 19.6. The molecule has 14 heteroatoms. The molecule has 2 aromatic heterocycles. The van der Waals surface area contributed by atoms with Crippen LogP contribution in [0.1, 0.15) is 17.5 Å². The molecule has 1 atom stereocenters. The number of carbonyl (C=O) groups excluding carboxylic acids is 1. The van der Waals surface area contributed by atoms with E-state index in [2.05, 4.69) is 24.8 Å². The van der Waals surface area contributed by atoms with Crippen LogP contribution in [0.15, 0.2) is 72.8 Å². The smallest absolute Gasteiger partial charge is 0.409 e. The van der Waals surface area contributed by atoms with Crippen LogP contribution >= 0.6 is 11.6 Å². The summed E-state index contributed by atoms with van der Waals surface area (Å²) in [4.78, 5) is 33.9. The Morgan fingerprint density at radius 1 is 0.815 bits per heavy atom. The number of phenolic OH excluding ortho intramolecular Hbond substituents is 2. The molecule has 6 aromatic rings. The summed E-state index contributed by atoms with van der Waals surface area (Å²) < 4.78 is 39.3. The molecule has 2 N–H and O–H groups in total. The number of anilines is 1. The second-order valence-corrected chi connectivity index (χ2v) is 13.7. The number of hydrogen-bond donors (Lipinski definition) is 2. The number of rotatable bonds is 5. The van der Waals surface area contributed by atoms with Gasteiger partial charge < -0.3 is 29.5 Å². The minimum atomic E-state index is -0.590. The Balaban J connectivity index is 0.000000191. The fourth-order valence-electron chi connectivity index (χ4n) is 6.45. The van der Waals surface area contributed by atoms with Gasteiger partial charge >= 0.3 is 6.09 Å². The lowest BCUT2D eigenvalue weighted by Crippen LogP contribution is -2.49. The van der Waals surface area contributed by atoms with Crippen LogP contribution in [-0.4, -0.2) is 87.1 Å². The van der Waals surface area contributed by atoms with E-state index in [4.69, 9.17) is 21.1 Å². The van der Waals surface area contributed by atoms with Gasteiger partial charge in [0.1, 0.15) is 34.1 Å². The predicted molar refractivity (Wildman–Crippen MR) is 202 cm³/mol. The lowest BCUT2D eigenvalue weighted by molar-refractivity contribution is 0.0815. The van der Waals surface area contributed by atoms with Gasteiger partial charge in [0, 0.05) is 49.5 Å². The number of fused-ring (bicyclic) bond motifs is 2.